The fraction of sp³-hybridized carbons (Fsp3) is 0.632. The number of methoxy groups -OCH3 is 1. The Morgan fingerprint density at radius 2 is 2.08 bits per heavy atom. The number of hydrogen-bond donors (Lipinski definition) is 1. The molecule has 1 fully saturated rings. The number of piperidine rings is 1. The van der Waals surface area contributed by atoms with Gasteiger partial charge in [-0.1, -0.05) is 13.8 Å². The van der Waals surface area contributed by atoms with Crippen molar-refractivity contribution in [1.29, 1.82) is 0 Å². The van der Waals surface area contributed by atoms with Crippen molar-refractivity contribution in [3.8, 4) is 11.5 Å². The topological polar surface area (TPSA) is 64.8 Å². The molecule has 2 atom stereocenters. The Morgan fingerprint density at radius 1 is 1.33 bits per heavy atom. The Labute approximate surface area is 145 Å². The van der Waals surface area contributed by atoms with Crippen LogP contribution >= 0.6 is 0 Å². The molecule has 0 bridgehead atoms. The van der Waals surface area contributed by atoms with E-state index in [1.165, 1.54) is 0 Å². The van der Waals surface area contributed by atoms with Crippen LogP contribution in [0.2, 0.25) is 0 Å². The predicted octanol–water partition coefficient (Wildman–Crippen LogP) is 2.93. The lowest BCUT2D eigenvalue weighted by Gasteiger charge is -2.34. The highest BCUT2D eigenvalue weighted by Gasteiger charge is 2.27. The summed E-state index contributed by atoms with van der Waals surface area (Å²) in [5, 5.41) is 0. The number of hydrogen-bond acceptors (Lipinski definition) is 4. The Kier molecular flexibility index (Phi) is 6.49. The molecule has 0 aromatic heterocycles. The molecule has 0 saturated carbocycles. The average molecular weight is 334 g/mol. The quantitative estimate of drug-likeness (QED) is 0.869. The summed E-state index contributed by atoms with van der Waals surface area (Å²) in [4.78, 5) is 14.7. The molecule has 1 aromatic carbocycles. The summed E-state index contributed by atoms with van der Waals surface area (Å²) < 4.78 is 11.2. The zero-order valence-electron chi connectivity index (χ0n) is 15.2. The number of ether oxygens (including phenoxy) is 2. The zero-order chi connectivity index (χ0) is 17.7. The van der Waals surface area contributed by atoms with E-state index in [0.29, 0.717) is 35.5 Å². The van der Waals surface area contributed by atoms with Gasteiger partial charge in [-0.05, 0) is 49.8 Å². The van der Waals surface area contributed by atoms with Crippen molar-refractivity contribution >= 4 is 5.91 Å². The van der Waals surface area contributed by atoms with Crippen LogP contribution in [0, 0.1) is 11.8 Å². The van der Waals surface area contributed by atoms with Gasteiger partial charge < -0.3 is 20.1 Å². The molecular weight excluding hydrogens is 304 g/mol. The van der Waals surface area contributed by atoms with Gasteiger partial charge in [0.1, 0.15) is 0 Å². The zero-order valence-corrected chi connectivity index (χ0v) is 15.2. The molecule has 1 aliphatic rings. The number of carbonyl (C=O) groups is 1. The standard InChI is InChI=1S/C19H30N2O3/c1-13(2)12-24-17-8-7-15(10-18(17)23-4)19(22)21-9-5-6-16(11-21)14(3)20/h7-8,10,13-14,16H,5-6,9,11-12,20H2,1-4H3/t14-,16-/m0/s1. The molecular formula is C19H30N2O3. The van der Waals surface area contributed by atoms with Gasteiger partial charge in [-0.25, -0.2) is 0 Å². The third-order valence-corrected chi connectivity index (χ3v) is 4.47. The van der Waals surface area contributed by atoms with E-state index in [9.17, 15) is 4.79 Å². The molecule has 0 spiro atoms. The summed E-state index contributed by atoms with van der Waals surface area (Å²) in [6.45, 7) is 8.33. The lowest BCUT2D eigenvalue weighted by molar-refractivity contribution is 0.0660. The van der Waals surface area contributed by atoms with Gasteiger partial charge in [0, 0.05) is 24.7 Å². The van der Waals surface area contributed by atoms with Crippen LogP contribution < -0.4 is 15.2 Å². The maximum Gasteiger partial charge on any atom is 0.254 e. The Balaban J connectivity index is 2.11. The van der Waals surface area contributed by atoms with E-state index in [4.69, 9.17) is 15.2 Å². The number of nitrogens with zero attached hydrogens (tertiary/aromatic N) is 1. The van der Waals surface area contributed by atoms with Crippen LogP contribution in [-0.4, -0.2) is 43.7 Å². The van der Waals surface area contributed by atoms with Crippen LogP contribution in [0.15, 0.2) is 18.2 Å². The third kappa shape index (κ3) is 4.63. The van der Waals surface area contributed by atoms with Gasteiger partial charge >= 0.3 is 0 Å². The van der Waals surface area contributed by atoms with Crippen LogP contribution in [-0.2, 0) is 0 Å². The first-order chi connectivity index (χ1) is 11.4. The van der Waals surface area contributed by atoms with Gasteiger partial charge in [0.2, 0.25) is 0 Å². The van der Waals surface area contributed by atoms with Crippen LogP contribution in [0.25, 0.3) is 0 Å². The van der Waals surface area contributed by atoms with E-state index in [0.717, 1.165) is 25.9 Å². The Bertz CT molecular complexity index is 558. The van der Waals surface area contributed by atoms with E-state index >= 15 is 0 Å². The Morgan fingerprint density at radius 3 is 2.71 bits per heavy atom. The van der Waals surface area contributed by atoms with Crippen LogP contribution in [0.5, 0.6) is 11.5 Å². The second-order valence-corrected chi connectivity index (χ2v) is 7.08. The van der Waals surface area contributed by atoms with E-state index in [1.54, 1.807) is 13.2 Å². The summed E-state index contributed by atoms with van der Waals surface area (Å²) in [7, 11) is 1.60. The van der Waals surface area contributed by atoms with Crippen molar-refractivity contribution in [3.63, 3.8) is 0 Å². The first kappa shape index (κ1) is 18.6. The van der Waals surface area contributed by atoms with Crippen molar-refractivity contribution in [3.05, 3.63) is 23.8 Å². The Hall–Kier alpha value is -1.75. The second kappa shape index (κ2) is 8.38. The molecule has 1 aromatic rings. The fourth-order valence-corrected chi connectivity index (χ4v) is 2.98. The summed E-state index contributed by atoms with van der Waals surface area (Å²) in [5.74, 6) is 2.11. The molecule has 24 heavy (non-hydrogen) atoms. The maximum absolute atomic E-state index is 12.8. The highest BCUT2D eigenvalue weighted by atomic mass is 16.5. The van der Waals surface area contributed by atoms with E-state index in [-0.39, 0.29) is 11.9 Å². The van der Waals surface area contributed by atoms with Crippen LogP contribution in [0.4, 0.5) is 0 Å². The molecule has 1 saturated heterocycles. The van der Waals surface area contributed by atoms with Crippen molar-refractivity contribution in [2.24, 2.45) is 17.6 Å². The first-order valence-electron chi connectivity index (χ1n) is 8.78. The second-order valence-electron chi connectivity index (χ2n) is 7.08. The summed E-state index contributed by atoms with van der Waals surface area (Å²) >= 11 is 0. The molecule has 0 aliphatic carbocycles. The summed E-state index contributed by atoms with van der Waals surface area (Å²) in [5.41, 5.74) is 6.65. The lowest BCUT2D eigenvalue weighted by Crippen LogP contribution is -2.45. The SMILES string of the molecule is COc1cc(C(=O)N2CCC[C@H]([C@H](C)N)C2)ccc1OCC(C)C. The molecule has 134 valence electrons. The minimum absolute atomic E-state index is 0.0362. The lowest BCUT2D eigenvalue weighted by atomic mass is 9.92. The summed E-state index contributed by atoms with van der Waals surface area (Å²) in [6, 6.07) is 5.52. The van der Waals surface area contributed by atoms with Crippen molar-refractivity contribution in [1.82, 2.24) is 4.90 Å². The predicted molar refractivity (Wildman–Crippen MR) is 95.6 cm³/mol. The molecule has 2 N–H and O–H groups in total. The molecule has 1 heterocycles. The van der Waals surface area contributed by atoms with Gasteiger partial charge in [0.05, 0.1) is 13.7 Å². The van der Waals surface area contributed by atoms with Crippen molar-refractivity contribution in [2.75, 3.05) is 26.8 Å². The number of carbonyl (C=O) groups excluding carboxylic acids is 1. The molecule has 5 nitrogen and oxygen atoms in total. The molecule has 0 unspecified atom stereocenters. The number of rotatable bonds is 6. The normalized spacial score (nSPS) is 19.2. The van der Waals surface area contributed by atoms with Crippen molar-refractivity contribution in [2.45, 2.75) is 39.7 Å². The van der Waals surface area contributed by atoms with Gasteiger partial charge in [-0.3, -0.25) is 4.79 Å². The summed E-state index contributed by atoms with van der Waals surface area (Å²) in [6.07, 6.45) is 2.09. The average Bonchev–Trinajstić information content (AvgIpc) is 2.59. The van der Waals surface area contributed by atoms with Crippen molar-refractivity contribution < 1.29 is 14.3 Å². The molecule has 1 aliphatic heterocycles. The maximum atomic E-state index is 12.8. The number of likely N-dealkylation sites (tertiary alicyclic amines) is 1. The highest BCUT2D eigenvalue weighted by Crippen LogP contribution is 2.30. The third-order valence-electron chi connectivity index (χ3n) is 4.47. The minimum atomic E-state index is 0.0362. The molecule has 1 amide bonds. The van der Waals surface area contributed by atoms with Crippen LogP contribution in [0.1, 0.15) is 44.0 Å². The highest BCUT2D eigenvalue weighted by molar-refractivity contribution is 5.95. The van der Waals surface area contributed by atoms with Gasteiger partial charge in [-0.15, -0.1) is 0 Å². The number of amides is 1. The molecule has 5 heteroatoms. The van der Waals surface area contributed by atoms with E-state index in [1.807, 2.05) is 24.0 Å². The number of nitrogens with two attached hydrogens (primary N) is 1. The molecule has 0 radical (unpaired) electrons. The van der Waals surface area contributed by atoms with Gasteiger partial charge in [0.25, 0.3) is 5.91 Å². The smallest absolute Gasteiger partial charge is 0.254 e. The fourth-order valence-electron chi connectivity index (χ4n) is 2.98. The van der Waals surface area contributed by atoms with Crippen LogP contribution in [0.3, 0.4) is 0 Å². The first-order valence-corrected chi connectivity index (χ1v) is 8.78. The van der Waals surface area contributed by atoms with Gasteiger partial charge in [0.15, 0.2) is 11.5 Å². The van der Waals surface area contributed by atoms with E-state index < -0.39 is 0 Å². The monoisotopic (exact) mass is 334 g/mol. The number of benzene rings is 1. The van der Waals surface area contributed by atoms with Gasteiger partial charge in [-0.2, -0.15) is 0 Å². The minimum Gasteiger partial charge on any atom is -0.493 e. The largest absolute Gasteiger partial charge is 0.493 e. The molecule has 2 rings (SSSR count). The van der Waals surface area contributed by atoms with E-state index in [2.05, 4.69) is 13.8 Å².